The van der Waals surface area contributed by atoms with Crippen LogP contribution < -0.4 is 0 Å². The first-order valence-corrected chi connectivity index (χ1v) is 16.9. The number of rotatable bonds is 5. The molecule has 6 aromatic carbocycles. The van der Waals surface area contributed by atoms with E-state index in [1.165, 1.54) is 0 Å². The standard InChI is InChI=1S/C45H28N5O.Pt/c51-42-26-9-5-16-35(42)45-48-43-34(19-11-25-41(43)50(45)39-23-7-4-15-30(39)29-13-2-1-3-14-29)37-22-12-21-36(46-37)32-17-10-18-33-31(32)27-28-49-40-24-8-6-20-38(40)47-44(33)49;/h1-16,18-28,51H;/q-1;. The van der Waals surface area contributed by atoms with E-state index in [0.717, 1.165) is 77.8 Å². The van der Waals surface area contributed by atoms with Gasteiger partial charge in [0.05, 0.1) is 39.0 Å². The van der Waals surface area contributed by atoms with Gasteiger partial charge in [0.1, 0.15) is 17.2 Å². The molecule has 52 heavy (non-hydrogen) atoms. The van der Waals surface area contributed by atoms with E-state index >= 15 is 0 Å². The van der Waals surface area contributed by atoms with Gasteiger partial charge >= 0.3 is 0 Å². The molecule has 10 aromatic rings. The second kappa shape index (κ2) is 12.8. The fourth-order valence-electron chi connectivity index (χ4n) is 7.27. The maximum atomic E-state index is 11.1. The molecule has 0 aliphatic heterocycles. The number of nitrogens with zero attached hydrogens (tertiary/aromatic N) is 5. The fourth-order valence-corrected chi connectivity index (χ4v) is 7.27. The van der Waals surface area contributed by atoms with E-state index < -0.39 is 0 Å². The molecule has 0 radical (unpaired) electrons. The van der Waals surface area contributed by atoms with Crippen molar-refractivity contribution >= 4 is 38.5 Å². The fraction of sp³-hybridized carbons (Fsp3) is 0. The van der Waals surface area contributed by atoms with Gasteiger partial charge in [-0.1, -0.05) is 114 Å². The van der Waals surface area contributed by atoms with Crippen LogP contribution >= 0.6 is 0 Å². The van der Waals surface area contributed by atoms with Gasteiger partial charge in [-0.3, -0.25) is 9.55 Å². The summed E-state index contributed by atoms with van der Waals surface area (Å²) in [5.41, 5.74) is 11.8. The predicted molar refractivity (Wildman–Crippen MR) is 205 cm³/mol. The summed E-state index contributed by atoms with van der Waals surface area (Å²) in [5.74, 6) is 0.812. The molecule has 0 bridgehead atoms. The first-order valence-electron chi connectivity index (χ1n) is 16.9. The van der Waals surface area contributed by atoms with Crippen molar-refractivity contribution in [2.45, 2.75) is 0 Å². The molecule has 0 atom stereocenters. The summed E-state index contributed by atoms with van der Waals surface area (Å²) < 4.78 is 4.29. The number of imidazole rings is 2. The molecule has 0 saturated heterocycles. The van der Waals surface area contributed by atoms with Gasteiger partial charge in [-0.15, -0.1) is 23.8 Å². The van der Waals surface area contributed by atoms with Crippen LogP contribution in [0.1, 0.15) is 0 Å². The van der Waals surface area contributed by atoms with E-state index in [-0.39, 0.29) is 26.8 Å². The zero-order valence-electron chi connectivity index (χ0n) is 27.6. The third kappa shape index (κ3) is 5.03. The first-order chi connectivity index (χ1) is 25.2. The SMILES string of the molecule is Oc1ccccc1-c1nc2c(-c3cccc(-c4[c-]ccc5c4ccn4c6ccccc6nc54)n3)cccc2n1-c1ccccc1-c1ccccc1.[Pt]. The summed E-state index contributed by atoms with van der Waals surface area (Å²) in [6.45, 7) is 0. The molecule has 0 saturated carbocycles. The molecule has 0 amide bonds. The Morgan fingerprint density at radius 2 is 1.25 bits per heavy atom. The Morgan fingerprint density at radius 3 is 2.13 bits per heavy atom. The minimum Gasteiger partial charge on any atom is -0.507 e. The van der Waals surface area contributed by atoms with Crippen LogP contribution in [0.3, 0.4) is 0 Å². The Morgan fingerprint density at radius 1 is 0.538 bits per heavy atom. The maximum Gasteiger partial charge on any atom is 0.149 e. The van der Waals surface area contributed by atoms with Gasteiger partial charge in [-0.05, 0) is 53.7 Å². The van der Waals surface area contributed by atoms with Gasteiger partial charge in [-0.25, -0.2) is 9.97 Å². The number of hydrogen-bond donors (Lipinski definition) is 1. The van der Waals surface area contributed by atoms with Crippen molar-refractivity contribution < 1.29 is 26.2 Å². The molecule has 250 valence electrons. The Kier molecular flexibility index (Phi) is 7.75. The number of benzene rings is 6. The summed E-state index contributed by atoms with van der Waals surface area (Å²) >= 11 is 0. The van der Waals surface area contributed by atoms with E-state index in [1.54, 1.807) is 6.07 Å². The molecule has 4 heterocycles. The summed E-state index contributed by atoms with van der Waals surface area (Å²) in [7, 11) is 0. The van der Waals surface area contributed by atoms with Gasteiger partial charge in [0.2, 0.25) is 0 Å². The number of aromatic hydroxyl groups is 1. The number of fused-ring (bicyclic) bond motifs is 6. The molecule has 1 N–H and O–H groups in total. The number of hydrogen-bond acceptors (Lipinski definition) is 4. The molecule has 0 fully saturated rings. The van der Waals surface area contributed by atoms with Crippen LogP contribution in [0.25, 0.3) is 89.2 Å². The Hall–Kier alpha value is -6.36. The Labute approximate surface area is 313 Å². The zero-order chi connectivity index (χ0) is 33.9. The minimum atomic E-state index is 0. The normalized spacial score (nSPS) is 11.4. The van der Waals surface area contributed by atoms with E-state index in [1.807, 2.05) is 91.0 Å². The van der Waals surface area contributed by atoms with Crippen LogP contribution in [0.4, 0.5) is 0 Å². The number of pyridine rings is 2. The molecular weight excluding hydrogens is 822 g/mol. The molecule has 6 nitrogen and oxygen atoms in total. The quantitative estimate of drug-likeness (QED) is 0.175. The third-order valence-electron chi connectivity index (χ3n) is 9.61. The van der Waals surface area contributed by atoms with Crippen LogP contribution in [-0.2, 0) is 21.1 Å². The summed E-state index contributed by atoms with van der Waals surface area (Å²) in [6, 6.07) is 56.2. The largest absolute Gasteiger partial charge is 0.507 e. The molecule has 0 aliphatic rings. The van der Waals surface area contributed by atoms with Crippen molar-refractivity contribution in [3.8, 4) is 56.5 Å². The van der Waals surface area contributed by atoms with Crippen molar-refractivity contribution in [3.05, 3.63) is 170 Å². The average molecular weight is 850 g/mol. The van der Waals surface area contributed by atoms with Gasteiger partial charge in [0.15, 0.2) is 0 Å². The third-order valence-corrected chi connectivity index (χ3v) is 9.61. The van der Waals surface area contributed by atoms with E-state index in [9.17, 15) is 5.11 Å². The first kappa shape index (κ1) is 31.6. The van der Waals surface area contributed by atoms with Gasteiger partial charge in [0.25, 0.3) is 0 Å². The van der Waals surface area contributed by atoms with Crippen molar-refractivity contribution in [2.75, 3.05) is 0 Å². The smallest absolute Gasteiger partial charge is 0.149 e. The number of aromatic nitrogens is 5. The van der Waals surface area contributed by atoms with Crippen LogP contribution in [0.5, 0.6) is 5.75 Å². The molecule has 7 heteroatoms. The van der Waals surface area contributed by atoms with Gasteiger partial charge in [-0.2, -0.15) is 0 Å². The number of para-hydroxylation sites is 5. The monoisotopic (exact) mass is 849 g/mol. The number of phenols is 1. The van der Waals surface area contributed by atoms with Crippen molar-refractivity contribution in [3.63, 3.8) is 0 Å². The number of phenolic OH excluding ortho intramolecular Hbond substituents is 1. The van der Waals surface area contributed by atoms with Crippen molar-refractivity contribution in [1.29, 1.82) is 0 Å². The molecule has 4 aromatic heterocycles. The topological polar surface area (TPSA) is 68.2 Å². The maximum absolute atomic E-state index is 11.1. The summed E-state index contributed by atoms with van der Waals surface area (Å²) in [6.07, 6.45) is 2.08. The van der Waals surface area contributed by atoms with Crippen LogP contribution in [0.15, 0.2) is 164 Å². The second-order valence-corrected chi connectivity index (χ2v) is 12.5. The molecular formula is C45H28N5OPt-. The summed E-state index contributed by atoms with van der Waals surface area (Å²) in [4.78, 5) is 15.5. The van der Waals surface area contributed by atoms with Crippen LogP contribution in [-0.4, -0.2) is 29.0 Å². The summed E-state index contributed by atoms with van der Waals surface area (Å²) in [5, 5.41) is 13.2. The molecule has 10 rings (SSSR count). The molecule has 0 spiro atoms. The van der Waals surface area contributed by atoms with E-state index in [0.29, 0.717) is 11.4 Å². The van der Waals surface area contributed by atoms with Gasteiger partial charge < -0.3 is 9.51 Å². The average Bonchev–Trinajstić information content (AvgIpc) is 3.77. The van der Waals surface area contributed by atoms with Crippen molar-refractivity contribution in [1.82, 2.24) is 23.9 Å². The van der Waals surface area contributed by atoms with Crippen LogP contribution in [0.2, 0.25) is 0 Å². The predicted octanol–water partition coefficient (Wildman–Crippen LogP) is 10.5. The Bertz CT molecular complexity index is 2950. The zero-order valence-corrected chi connectivity index (χ0v) is 29.9. The molecule has 0 unspecified atom stereocenters. The minimum absolute atomic E-state index is 0. The van der Waals surface area contributed by atoms with Crippen molar-refractivity contribution in [2.24, 2.45) is 0 Å². The van der Waals surface area contributed by atoms with E-state index in [4.69, 9.17) is 15.0 Å². The molecule has 0 aliphatic carbocycles. The second-order valence-electron chi connectivity index (χ2n) is 12.5. The Balaban J connectivity index is 0.00000360. The van der Waals surface area contributed by atoms with E-state index in [2.05, 4.69) is 81.9 Å². The van der Waals surface area contributed by atoms with Gasteiger partial charge in [0, 0.05) is 38.4 Å². The van der Waals surface area contributed by atoms with Crippen LogP contribution in [0, 0.1) is 6.07 Å².